The predicted molar refractivity (Wildman–Crippen MR) is 66.7 cm³/mol. The minimum absolute atomic E-state index is 0.0159. The highest BCUT2D eigenvalue weighted by Gasteiger charge is 2.37. The number of hydrogen-bond donors (Lipinski definition) is 0. The number of nitrogens with zero attached hydrogens (tertiary/aromatic N) is 4. The second-order valence-corrected chi connectivity index (χ2v) is 6.45. The Morgan fingerprint density at radius 1 is 1.32 bits per heavy atom. The normalized spacial score (nSPS) is 17.3. The molecule has 0 N–H and O–H groups in total. The zero-order valence-electron chi connectivity index (χ0n) is 10.2. The Labute approximate surface area is 110 Å². The molecule has 0 amide bonds. The average molecular weight is 280 g/mol. The van der Waals surface area contributed by atoms with Crippen molar-refractivity contribution < 1.29 is 12.9 Å². The molecule has 0 saturated carbocycles. The lowest BCUT2D eigenvalue weighted by atomic mass is 10.0. The Balaban J connectivity index is 1.74. The molecule has 1 fully saturated rings. The van der Waals surface area contributed by atoms with Crippen molar-refractivity contribution in [2.75, 3.05) is 19.3 Å². The van der Waals surface area contributed by atoms with Crippen LogP contribution in [0.3, 0.4) is 0 Å². The molecule has 0 radical (unpaired) electrons. The van der Waals surface area contributed by atoms with Gasteiger partial charge in [-0.1, -0.05) is 5.16 Å². The number of hydrogen-bond acceptors (Lipinski definition) is 6. The molecule has 3 heterocycles. The quantitative estimate of drug-likeness (QED) is 0.813. The Kier molecular flexibility index (Phi) is 2.83. The van der Waals surface area contributed by atoms with Gasteiger partial charge in [0.25, 0.3) is 0 Å². The van der Waals surface area contributed by atoms with Gasteiger partial charge >= 0.3 is 0 Å². The largest absolute Gasteiger partial charge is 0.339 e. The van der Waals surface area contributed by atoms with Gasteiger partial charge in [-0.15, -0.1) is 0 Å². The number of pyridine rings is 1. The van der Waals surface area contributed by atoms with E-state index in [-0.39, 0.29) is 5.92 Å². The summed E-state index contributed by atoms with van der Waals surface area (Å²) >= 11 is 0. The fourth-order valence-corrected chi connectivity index (χ4v) is 2.79. The number of aromatic nitrogens is 3. The summed E-state index contributed by atoms with van der Waals surface area (Å²) in [5, 5.41) is 3.89. The van der Waals surface area contributed by atoms with Gasteiger partial charge in [0.2, 0.25) is 21.7 Å². The van der Waals surface area contributed by atoms with Crippen molar-refractivity contribution in [2.24, 2.45) is 0 Å². The molecule has 7 nitrogen and oxygen atoms in total. The molecule has 3 rings (SSSR count). The van der Waals surface area contributed by atoms with E-state index in [0.717, 1.165) is 5.56 Å². The van der Waals surface area contributed by atoms with Crippen LogP contribution < -0.4 is 0 Å². The number of rotatable bonds is 3. The summed E-state index contributed by atoms with van der Waals surface area (Å²) in [6, 6.07) is 3.58. The molecule has 0 bridgehead atoms. The Hall–Kier alpha value is -1.80. The van der Waals surface area contributed by atoms with E-state index in [1.165, 1.54) is 10.6 Å². The molecule has 0 aliphatic carbocycles. The maximum absolute atomic E-state index is 11.3. The molecule has 0 unspecified atom stereocenters. The van der Waals surface area contributed by atoms with E-state index in [9.17, 15) is 8.42 Å². The first-order valence-corrected chi connectivity index (χ1v) is 7.58. The highest BCUT2D eigenvalue weighted by Crippen LogP contribution is 2.28. The topological polar surface area (TPSA) is 89.2 Å². The van der Waals surface area contributed by atoms with Gasteiger partial charge < -0.3 is 4.52 Å². The molecular formula is C11H12N4O3S. The first kappa shape index (κ1) is 12.2. The molecule has 1 saturated heterocycles. The van der Waals surface area contributed by atoms with Gasteiger partial charge in [0.1, 0.15) is 0 Å². The molecule has 0 spiro atoms. The van der Waals surface area contributed by atoms with E-state index in [2.05, 4.69) is 15.1 Å². The SMILES string of the molecule is CS(=O)(=O)N1CC(c2nc(-c3ccncc3)no2)C1. The van der Waals surface area contributed by atoms with Crippen LogP contribution in [0, 0.1) is 0 Å². The standard InChI is InChI=1S/C11H12N4O3S/c1-19(16,17)15-6-9(7-15)11-13-10(14-18-11)8-2-4-12-5-3-8/h2-5,9H,6-7H2,1H3. The van der Waals surface area contributed by atoms with Crippen molar-refractivity contribution in [1.82, 2.24) is 19.4 Å². The molecule has 19 heavy (non-hydrogen) atoms. The maximum atomic E-state index is 11.3. The average Bonchev–Trinajstić information content (AvgIpc) is 2.75. The van der Waals surface area contributed by atoms with Gasteiger partial charge in [-0.05, 0) is 12.1 Å². The van der Waals surface area contributed by atoms with Crippen LogP contribution in [0.15, 0.2) is 29.0 Å². The molecule has 100 valence electrons. The Morgan fingerprint density at radius 3 is 2.63 bits per heavy atom. The highest BCUT2D eigenvalue weighted by atomic mass is 32.2. The third-order valence-corrected chi connectivity index (χ3v) is 4.28. The predicted octanol–water partition coefficient (Wildman–Crippen LogP) is 0.490. The zero-order chi connectivity index (χ0) is 13.5. The lowest BCUT2D eigenvalue weighted by Crippen LogP contribution is -2.47. The van der Waals surface area contributed by atoms with Gasteiger partial charge in [-0.25, -0.2) is 12.7 Å². The second kappa shape index (κ2) is 4.39. The van der Waals surface area contributed by atoms with Crippen LogP contribution in [0.2, 0.25) is 0 Å². The summed E-state index contributed by atoms with van der Waals surface area (Å²) in [6.45, 7) is 0.799. The van der Waals surface area contributed by atoms with Crippen LogP contribution in [0.1, 0.15) is 11.8 Å². The second-order valence-electron chi connectivity index (χ2n) is 4.47. The third-order valence-electron chi connectivity index (χ3n) is 3.05. The van der Waals surface area contributed by atoms with Crippen LogP contribution in [0.5, 0.6) is 0 Å². The van der Waals surface area contributed by atoms with Crippen LogP contribution in [0.4, 0.5) is 0 Å². The highest BCUT2D eigenvalue weighted by molar-refractivity contribution is 7.88. The van der Waals surface area contributed by atoms with Gasteiger partial charge in [0.15, 0.2) is 0 Å². The molecule has 2 aromatic rings. The monoisotopic (exact) mass is 280 g/mol. The molecule has 1 aliphatic rings. The summed E-state index contributed by atoms with van der Waals surface area (Å²) in [6.07, 6.45) is 4.50. The van der Waals surface area contributed by atoms with Crippen molar-refractivity contribution in [3.05, 3.63) is 30.4 Å². The first-order chi connectivity index (χ1) is 9.04. The van der Waals surface area contributed by atoms with Gasteiger partial charge in [0.05, 0.1) is 12.2 Å². The Bertz CT molecular complexity index is 677. The van der Waals surface area contributed by atoms with E-state index < -0.39 is 10.0 Å². The molecule has 0 atom stereocenters. The van der Waals surface area contributed by atoms with Crippen molar-refractivity contribution in [2.45, 2.75) is 5.92 Å². The van der Waals surface area contributed by atoms with E-state index >= 15 is 0 Å². The van der Waals surface area contributed by atoms with Crippen molar-refractivity contribution in [3.8, 4) is 11.4 Å². The fourth-order valence-electron chi connectivity index (χ4n) is 1.88. The summed E-state index contributed by atoms with van der Waals surface area (Å²) in [7, 11) is -3.12. The van der Waals surface area contributed by atoms with Crippen molar-refractivity contribution in [3.63, 3.8) is 0 Å². The van der Waals surface area contributed by atoms with E-state index in [1.807, 2.05) is 0 Å². The third kappa shape index (κ3) is 2.36. The first-order valence-electron chi connectivity index (χ1n) is 5.73. The summed E-state index contributed by atoms with van der Waals surface area (Å²) in [5.74, 6) is 0.958. The van der Waals surface area contributed by atoms with Crippen LogP contribution in [0.25, 0.3) is 11.4 Å². The van der Waals surface area contributed by atoms with E-state index in [1.54, 1.807) is 24.5 Å². The summed E-state index contributed by atoms with van der Waals surface area (Å²) in [4.78, 5) is 8.21. The maximum Gasteiger partial charge on any atom is 0.232 e. The molecule has 2 aromatic heterocycles. The van der Waals surface area contributed by atoms with Gasteiger partial charge in [0, 0.05) is 31.0 Å². The lowest BCUT2D eigenvalue weighted by molar-refractivity contribution is 0.218. The molecule has 1 aliphatic heterocycles. The number of sulfonamides is 1. The fraction of sp³-hybridized carbons (Fsp3) is 0.364. The van der Waals surface area contributed by atoms with Crippen LogP contribution in [-0.4, -0.2) is 47.2 Å². The van der Waals surface area contributed by atoms with Crippen molar-refractivity contribution in [1.29, 1.82) is 0 Å². The van der Waals surface area contributed by atoms with Gasteiger partial charge in [-0.2, -0.15) is 4.98 Å². The minimum atomic E-state index is -3.12. The van der Waals surface area contributed by atoms with Crippen LogP contribution in [-0.2, 0) is 10.0 Å². The molecular weight excluding hydrogens is 268 g/mol. The van der Waals surface area contributed by atoms with Crippen molar-refractivity contribution >= 4 is 10.0 Å². The summed E-state index contributed by atoms with van der Waals surface area (Å²) < 4.78 is 29.1. The van der Waals surface area contributed by atoms with Gasteiger partial charge in [-0.3, -0.25) is 4.98 Å². The summed E-state index contributed by atoms with van der Waals surface area (Å²) in [5.41, 5.74) is 0.823. The zero-order valence-corrected chi connectivity index (χ0v) is 11.0. The van der Waals surface area contributed by atoms with E-state index in [4.69, 9.17) is 4.52 Å². The molecule has 0 aromatic carbocycles. The smallest absolute Gasteiger partial charge is 0.232 e. The lowest BCUT2D eigenvalue weighted by Gasteiger charge is -2.34. The molecule has 8 heteroatoms. The minimum Gasteiger partial charge on any atom is -0.339 e. The van der Waals surface area contributed by atoms with E-state index in [0.29, 0.717) is 24.8 Å². The Morgan fingerprint density at radius 2 is 2.00 bits per heavy atom. The van der Waals surface area contributed by atoms with Crippen LogP contribution >= 0.6 is 0 Å².